The van der Waals surface area contributed by atoms with Gasteiger partial charge in [0.2, 0.25) is 0 Å². The molecule has 2 N–H and O–H groups in total. The van der Waals surface area contributed by atoms with E-state index in [1.54, 1.807) is 7.11 Å². The molecular weight excluding hydrogens is 536 g/mol. The first-order chi connectivity index (χ1) is 18.8. The molecule has 2 aliphatic heterocycles. The van der Waals surface area contributed by atoms with Gasteiger partial charge in [-0.2, -0.15) is 0 Å². The summed E-state index contributed by atoms with van der Waals surface area (Å²) in [6.45, 7) is 5.28. The van der Waals surface area contributed by atoms with E-state index < -0.39 is 11.9 Å². The van der Waals surface area contributed by atoms with Crippen molar-refractivity contribution in [1.29, 1.82) is 0 Å². The number of carboxylic acids is 2. The molecule has 1 saturated heterocycles. The Bertz CT molecular complexity index is 1310. The number of benzene rings is 3. The van der Waals surface area contributed by atoms with E-state index >= 15 is 0 Å². The van der Waals surface area contributed by atoms with Gasteiger partial charge in [-0.25, -0.2) is 9.59 Å². The fourth-order valence-electron chi connectivity index (χ4n) is 4.77. The minimum atomic E-state index is -1.26. The highest BCUT2D eigenvalue weighted by Crippen LogP contribution is 2.43. The largest absolute Gasteiger partial charge is 0.497 e. The maximum atomic E-state index is 9.55. The molecule has 1 unspecified atom stereocenters. The van der Waals surface area contributed by atoms with Crippen molar-refractivity contribution in [3.63, 3.8) is 0 Å². The maximum Gasteiger partial charge on any atom is 0.328 e. The van der Waals surface area contributed by atoms with Crippen LogP contribution in [0.2, 0.25) is 5.02 Å². The Kier molecular flexibility index (Phi) is 10.1. The van der Waals surface area contributed by atoms with Crippen LogP contribution in [-0.4, -0.2) is 65.2 Å². The Labute approximate surface area is 237 Å². The van der Waals surface area contributed by atoms with Gasteiger partial charge in [0.15, 0.2) is 0 Å². The van der Waals surface area contributed by atoms with Crippen LogP contribution >= 0.6 is 23.4 Å². The second-order valence-corrected chi connectivity index (χ2v) is 10.8. The van der Waals surface area contributed by atoms with E-state index in [2.05, 4.69) is 58.3 Å². The van der Waals surface area contributed by atoms with Gasteiger partial charge in [0, 0.05) is 65.7 Å². The quantitative estimate of drug-likeness (QED) is 0.371. The van der Waals surface area contributed by atoms with E-state index in [4.69, 9.17) is 26.6 Å². The van der Waals surface area contributed by atoms with Crippen LogP contribution in [0, 0.1) is 0 Å². The molecule has 1 fully saturated rings. The van der Waals surface area contributed by atoms with Crippen molar-refractivity contribution in [1.82, 2.24) is 9.80 Å². The van der Waals surface area contributed by atoms with Gasteiger partial charge in [-0.3, -0.25) is 9.80 Å². The van der Waals surface area contributed by atoms with E-state index in [1.807, 2.05) is 30.0 Å². The number of hydrogen-bond donors (Lipinski definition) is 2. The summed E-state index contributed by atoms with van der Waals surface area (Å²) in [5.41, 5.74) is 4.15. The molecule has 0 saturated carbocycles. The fraction of sp³-hybridized carbons (Fsp3) is 0.267. The number of piperazine rings is 1. The van der Waals surface area contributed by atoms with Crippen LogP contribution in [0.5, 0.6) is 5.75 Å². The number of rotatable bonds is 6. The summed E-state index contributed by atoms with van der Waals surface area (Å²) in [6, 6.07) is 24.0. The van der Waals surface area contributed by atoms with Crippen LogP contribution in [0.4, 0.5) is 0 Å². The Balaban J connectivity index is 0.000000386. The number of methoxy groups -OCH3 is 1. The molecule has 3 aromatic rings. The highest BCUT2D eigenvalue weighted by molar-refractivity contribution is 7.99. The summed E-state index contributed by atoms with van der Waals surface area (Å²) in [6.07, 6.45) is 2.15. The Hall–Kier alpha value is -3.30. The van der Waals surface area contributed by atoms with Crippen LogP contribution in [-0.2, 0) is 22.6 Å². The second kappa shape index (κ2) is 13.7. The van der Waals surface area contributed by atoms with Gasteiger partial charge in [-0.1, -0.05) is 53.7 Å². The summed E-state index contributed by atoms with van der Waals surface area (Å²) in [5.74, 6) is -1.60. The highest BCUT2D eigenvalue weighted by Gasteiger charge is 2.30. The zero-order valence-electron chi connectivity index (χ0n) is 21.6. The molecule has 3 aromatic carbocycles. The summed E-state index contributed by atoms with van der Waals surface area (Å²) in [4.78, 5) is 27.0. The number of fused-ring (bicyclic) bond motifs is 2. The number of nitrogens with zero attached hydrogens (tertiary/aromatic N) is 2. The normalized spacial score (nSPS) is 17.3. The molecule has 0 aromatic heterocycles. The van der Waals surface area contributed by atoms with E-state index in [9.17, 15) is 9.59 Å². The molecule has 9 heteroatoms. The van der Waals surface area contributed by atoms with Crippen molar-refractivity contribution < 1.29 is 24.5 Å². The van der Waals surface area contributed by atoms with Crippen molar-refractivity contribution in [2.24, 2.45) is 0 Å². The molecule has 0 radical (unpaired) electrons. The van der Waals surface area contributed by atoms with Crippen LogP contribution in [0.15, 0.2) is 88.7 Å². The molecule has 0 spiro atoms. The lowest BCUT2D eigenvalue weighted by Gasteiger charge is -2.39. The lowest BCUT2D eigenvalue weighted by Crippen LogP contribution is -2.47. The topological polar surface area (TPSA) is 90.3 Å². The first-order valence-electron chi connectivity index (χ1n) is 12.6. The number of hydrogen-bond acceptors (Lipinski definition) is 6. The number of carboxylic acid groups (broad SMARTS) is 2. The van der Waals surface area contributed by atoms with Gasteiger partial charge < -0.3 is 14.9 Å². The Morgan fingerprint density at radius 2 is 1.62 bits per heavy atom. The van der Waals surface area contributed by atoms with Crippen molar-refractivity contribution >= 4 is 35.3 Å². The minimum absolute atomic E-state index is 0.369. The summed E-state index contributed by atoms with van der Waals surface area (Å²) in [7, 11) is 1.71. The SMILES string of the molecule is COc1ccc(CN2CCN(C3Cc4ccccc4Sc4ccc(Cl)cc43)CC2)cc1.O=C(O)/C=C\C(=O)O. The zero-order chi connectivity index (χ0) is 27.8. The molecular formula is C30H31ClN2O5S. The molecule has 0 bridgehead atoms. The first-order valence-corrected chi connectivity index (χ1v) is 13.8. The van der Waals surface area contributed by atoms with Crippen LogP contribution in [0.3, 0.4) is 0 Å². The molecule has 2 aliphatic rings. The van der Waals surface area contributed by atoms with Crippen LogP contribution < -0.4 is 4.74 Å². The molecule has 2 heterocycles. The molecule has 0 aliphatic carbocycles. The van der Waals surface area contributed by atoms with Gasteiger partial charge in [0.05, 0.1) is 7.11 Å². The minimum Gasteiger partial charge on any atom is -0.497 e. The predicted octanol–water partition coefficient (Wildman–Crippen LogP) is 5.63. The summed E-state index contributed by atoms with van der Waals surface area (Å²) < 4.78 is 5.28. The molecule has 1 atom stereocenters. The molecule has 5 rings (SSSR count). The third kappa shape index (κ3) is 8.10. The molecule has 39 heavy (non-hydrogen) atoms. The number of halogens is 1. The Morgan fingerprint density at radius 3 is 2.26 bits per heavy atom. The van der Waals surface area contributed by atoms with Gasteiger partial charge >= 0.3 is 11.9 Å². The average molecular weight is 567 g/mol. The average Bonchev–Trinajstić information content (AvgIpc) is 3.10. The van der Waals surface area contributed by atoms with Gasteiger partial charge in [0.25, 0.3) is 0 Å². The maximum absolute atomic E-state index is 9.55. The van der Waals surface area contributed by atoms with E-state index in [0.717, 1.165) is 49.9 Å². The third-order valence-corrected chi connectivity index (χ3v) is 8.16. The van der Waals surface area contributed by atoms with Gasteiger partial charge in [-0.15, -0.1) is 0 Å². The molecule has 0 amide bonds. The monoisotopic (exact) mass is 566 g/mol. The number of ether oxygens (including phenoxy) is 1. The standard InChI is InChI=1S/C26H27ClN2OS.C4H4O4/c1-30-22-9-6-19(7-10-22)18-28-12-14-29(15-13-28)24-16-20-4-2-3-5-25(20)31-26-11-8-21(27)17-23(24)26;5-3(6)1-2-4(7)8/h2-11,17,24H,12-16,18H2,1H3;1-2H,(H,5,6)(H,7,8)/b;2-1-. The first kappa shape index (κ1) is 28.7. The summed E-state index contributed by atoms with van der Waals surface area (Å²) in [5, 5.41) is 16.5. The highest BCUT2D eigenvalue weighted by atomic mass is 35.5. The molecule has 7 nitrogen and oxygen atoms in total. The molecule has 204 valence electrons. The summed E-state index contributed by atoms with van der Waals surface area (Å²) >= 11 is 8.31. The third-order valence-electron chi connectivity index (χ3n) is 6.72. The predicted molar refractivity (Wildman–Crippen MR) is 153 cm³/mol. The van der Waals surface area contributed by atoms with Crippen LogP contribution in [0.1, 0.15) is 22.7 Å². The second-order valence-electron chi connectivity index (χ2n) is 9.28. The van der Waals surface area contributed by atoms with Crippen LogP contribution in [0.25, 0.3) is 0 Å². The lowest BCUT2D eigenvalue weighted by atomic mass is 9.96. The van der Waals surface area contributed by atoms with Crippen molar-refractivity contribution in [2.75, 3.05) is 33.3 Å². The smallest absolute Gasteiger partial charge is 0.328 e. The fourth-order valence-corrected chi connectivity index (χ4v) is 6.07. The lowest BCUT2D eigenvalue weighted by molar-refractivity contribution is -0.134. The zero-order valence-corrected chi connectivity index (χ0v) is 23.2. The van der Waals surface area contributed by atoms with Crippen molar-refractivity contribution in [3.8, 4) is 5.75 Å². The number of carbonyl (C=O) groups is 2. The van der Waals surface area contributed by atoms with Gasteiger partial charge in [-0.05, 0) is 59.5 Å². The van der Waals surface area contributed by atoms with E-state index in [1.165, 1.54) is 26.5 Å². The van der Waals surface area contributed by atoms with E-state index in [-0.39, 0.29) is 0 Å². The Morgan fingerprint density at radius 1 is 0.949 bits per heavy atom. The van der Waals surface area contributed by atoms with Crippen molar-refractivity contribution in [3.05, 3.63) is 101 Å². The number of aliphatic carboxylic acids is 2. The van der Waals surface area contributed by atoms with E-state index in [0.29, 0.717) is 18.2 Å². The van der Waals surface area contributed by atoms with Crippen molar-refractivity contribution in [2.45, 2.75) is 28.8 Å². The van der Waals surface area contributed by atoms with Gasteiger partial charge in [0.1, 0.15) is 5.75 Å².